The summed E-state index contributed by atoms with van der Waals surface area (Å²) in [5.41, 5.74) is 1.73. The molecular weight excluding hydrogens is 266 g/mol. The van der Waals surface area contributed by atoms with Crippen LogP contribution in [0.4, 0.5) is 0 Å². The highest BCUT2D eigenvalue weighted by Gasteiger charge is 2.16. The maximum Gasteiger partial charge on any atom is 0.137 e. The molecule has 0 spiro atoms. The van der Waals surface area contributed by atoms with Crippen LogP contribution in [-0.4, -0.2) is 16.2 Å². The highest BCUT2D eigenvalue weighted by molar-refractivity contribution is 5.78. The minimum atomic E-state index is -0.456. The number of hydrogen-bond acceptors (Lipinski definition) is 4. The largest absolute Gasteiger partial charge is 0.485 e. The molecule has 0 bridgehead atoms. The molecule has 0 aliphatic heterocycles. The van der Waals surface area contributed by atoms with E-state index in [-0.39, 0.29) is 6.10 Å². The molecule has 2 unspecified atom stereocenters. The first-order valence-corrected chi connectivity index (χ1v) is 6.94. The van der Waals surface area contributed by atoms with E-state index in [9.17, 15) is 5.11 Å². The average Bonchev–Trinajstić information content (AvgIpc) is 2.94. The van der Waals surface area contributed by atoms with E-state index in [0.29, 0.717) is 12.2 Å². The van der Waals surface area contributed by atoms with Gasteiger partial charge in [-0.05, 0) is 31.2 Å². The minimum Gasteiger partial charge on any atom is -0.485 e. The van der Waals surface area contributed by atoms with Crippen LogP contribution < -0.4 is 4.74 Å². The van der Waals surface area contributed by atoms with Crippen LogP contribution in [0.15, 0.2) is 59.5 Å². The van der Waals surface area contributed by atoms with Crippen molar-refractivity contribution in [3.63, 3.8) is 0 Å². The first kappa shape index (κ1) is 13.6. The first-order valence-electron chi connectivity index (χ1n) is 6.94. The van der Waals surface area contributed by atoms with Crippen LogP contribution in [0, 0.1) is 0 Å². The van der Waals surface area contributed by atoms with E-state index in [4.69, 9.17) is 9.15 Å². The van der Waals surface area contributed by atoms with Crippen molar-refractivity contribution in [2.45, 2.75) is 25.6 Å². The number of furan rings is 1. The molecule has 0 amide bonds. The van der Waals surface area contributed by atoms with E-state index in [0.717, 1.165) is 16.5 Å². The summed E-state index contributed by atoms with van der Waals surface area (Å²) < 4.78 is 11.4. The van der Waals surface area contributed by atoms with Gasteiger partial charge in [-0.15, -0.1) is 0 Å². The SMILES string of the molecule is CC(O)CC(Oc1ccc2ccoc2c1)c1cccnc1. The lowest BCUT2D eigenvalue weighted by atomic mass is 10.1. The van der Waals surface area contributed by atoms with Gasteiger partial charge in [-0.25, -0.2) is 0 Å². The number of aromatic nitrogens is 1. The van der Waals surface area contributed by atoms with Crippen molar-refractivity contribution in [3.8, 4) is 5.75 Å². The molecule has 0 saturated carbocycles. The Balaban J connectivity index is 1.86. The molecule has 0 saturated heterocycles. The van der Waals surface area contributed by atoms with Crippen molar-refractivity contribution in [2.75, 3.05) is 0 Å². The molecule has 21 heavy (non-hydrogen) atoms. The average molecular weight is 283 g/mol. The summed E-state index contributed by atoms with van der Waals surface area (Å²) >= 11 is 0. The molecule has 4 nitrogen and oxygen atoms in total. The van der Waals surface area contributed by atoms with Crippen molar-refractivity contribution >= 4 is 11.0 Å². The summed E-state index contributed by atoms with van der Waals surface area (Å²) in [5.74, 6) is 0.715. The number of rotatable bonds is 5. The first-order chi connectivity index (χ1) is 10.2. The van der Waals surface area contributed by atoms with Crippen LogP contribution in [0.1, 0.15) is 25.0 Å². The van der Waals surface area contributed by atoms with Gasteiger partial charge in [0.15, 0.2) is 0 Å². The summed E-state index contributed by atoms with van der Waals surface area (Å²) in [6, 6.07) is 11.4. The number of aliphatic hydroxyl groups excluding tert-OH is 1. The molecule has 2 atom stereocenters. The molecule has 0 fully saturated rings. The summed E-state index contributed by atoms with van der Waals surface area (Å²) in [6.45, 7) is 1.75. The Hall–Kier alpha value is -2.33. The van der Waals surface area contributed by atoms with Crippen molar-refractivity contribution in [2.24, 2.45) is 0 Å². The Bertz CT molecular complexity index is 706. The number of pyridine rings is 1. The Morgan fingerprint density at radius 2 is 2.19 bits per heavy atom. The number of nitrogens with zero attached hydrogens (tertiary/aromatic N) is 1. The molecule has 4 heteroatoms. The molecule has 0 aliphatic rings. The highest BCUT2D eigenvalue weighted by atomic mass is 16.5. The molecule has 1 aromatic carbocycles. The van der Waals surface area contributed by atoms with Gasteiger partial charge in [-0.2, -0.15) is 0 Å². The fourth-order valence-electron chi connectivity index (χ4n) is 2.30. The second-order valence-corrected chi connectivity index (χ2v) is 5.10. The zero-order valence-corrected chi connectivity index (χ0v) is 11.8. The number of ether oxygens (including phenoxy) is 1. The molecule has 1 N–H and O–H groups in total. The van der Waals surface area contributed by atoms with Gasteiger partial charge < -0.3 is 14.3 Å². The van der Waals surface area contributed by atoms with E-state index in [1.165, 1.54) is 0 Å². The maximum atomic E-state index is 9.68. The van der Waals surface area contributed by atoms with Gasteiger partial charge in [-0.1, -0.05) is 6.07 Å². The quantitative estimate of drug-likeness (QED) is 0.775. The van der Waals surface area contributed by atoms with E-state index >= 15 is 0 Å². The van der Waals surface area contributed by atoms with Crippen molar-refractivity contribution in [1.29, 1.82) is 0 Å². The van der Waals surface area contributed by atoms with Crippen LogP contribution in [0.25, 0.3) is 11.0 Å². The summed E-state index contributed by atoms with van der Waals surface area (Å²) in [6.07, 6.45) is 4.94. The standard InChI is InChI=1S/C17H17NO3/c1-12(19)9-17(14-3-2-7-18-11-14)21-15-5-4-13-6-8-20-16(13)10-15/h2-8,10-12,17,19H,9H2,1H3. The van der Waals surface area contributed by atoms with E-state index in [1.807, 2.05) is 36.4 Å². The lowest BCUT2D eigenvalue weighted by Crippen LogP contribution is -2.14. The molecule has 2 heterocycles. The van der Waals surface area contributed by atoms with E-state index in [1.54, 1.807) is 25.6 Å². The molecule has 3 rings (SSSR count). The number of hydrogen-bond donors (Lipinski definition) is 1. The summed E-state index contributed by atoms with van der Waals surface area (Å²) in [4.78, 5) is 4.12. The zero-order valence-electron chi connectivity index (χ0n) is 11.8. The lowest BCUT2D eigenvalue weighted by molar-refractivity contribution is 0.106. The molecule has 0 radical (unpaired) electrons. The van der Waals surface area contributed by atoms with Crippen LogP contribution in [-0.2, 0) is 0 Å². The second kappa shape index (κ2) is 5.97. The van der Waals surface area contributed by atoms with Crippen LogP contribution >= 0.6 is 0 Å². The van der Waals surface area contributed by atoms with Crippen molar-refractivity contribution in [3.05, 3.63) is 60.6 Å². The Labute approximate surface area is 123 Å². The molecule has 2 aromatic heterocycles. The van der Waals surface area contributed by atoms with E-state index < -0.39 is 6.10 Å². The van der Waals surface area contributed by atoms with Gasteiger partial charge in [0.25, 0.3) is 0 Å². The smallest absolute Gasteiger partial charge is 0.137 e. The van der Waals surface area contributed by atoms with Crippen molar-refractivity contribution < 1.29 is 14.3 Å². The fourth-order valence-corrected chi connectivity index (χ4v) is 2.30. The molecule has 0 aliphatic carbocycles. The van der Waals surface area contributed by atoms with Crippen LogP contribution in [0.2, 0.25) is 0 Å². The summed E-state index contributed by atoms with van der Waals surface area (Å²) in [5, 5.41) is 10.7. The van der Waals surface area contributed by atoms with Gasteiger partial charge in [0.05, 0.1) is 12.4 Å². The Kier molecular flexibility index (Phi) is 3.88. The lowest BCUT2D eigenvalue weighted by Gasteiger charge is -2.20. The normalized spacial score (nSPS) is 14.0. The fraction of sp³-hybridized carbons (Fsp3) is 0.235. The van der Waals surface area contributed by atoms with Gasteiger partial charge in [0.1, 0.15) is 17.4 Å². The van der Waals surface area contributed by atoms with Gasteiger partial charge in [0.2, 0.25) is 0 Å². The predicted molar refractivity (Wildman–Crippen MR) is 80.1 cm³/mol. The van der Waals surface area contributed by atoms with Crippen molar-refractivity contribution in [1.82, 2.24) is 4.98 Å². The molecule has 3 aromatic rings. The summed E-state index contributed by atoms with van der Waals surface area (Å²) in [7, 11) is 0. The predicted octanol–water partition coefficient (Wildman–Crippen LogP) is 3.72. The minimum absolute atomic E-state index is 0.244. The third kappa shape index (κ3) is 3.23. The zero-order chi connectivity index (χ0) is 14.7. The number of aliphatic hydroxyl groups is 1. The second-order valence-electron chi connectivity index (χ2n) is 5.10. The van der Waals surface area contributed by atoms with Crippen LogP contribution in [0.5, 0.6) is 5.75 Å². The monoisotopic (exact) mass is 283 g/mol. The molecule has 108 valence electrons. The Morgan fingerprint density at radius 1 is 1.29 bits per heavy atom. The third-order valence-corrected chi connectivity index (χ3v) is 3.32. The van der Waals surface area contributed by atoms with Crippen LogP contribution in [0.3, 0.4) is 0 Å². The maximum absolute atomic E-state index is 9.68. The Morgan fingerprint density at radius 3 is 2.95 bits per heavy atom. The topological polar surface area (TPSA) is 55.5 Å². The van der Waals surface area contributed by atoms with Gasteiger partial charge in [0, 0.05) is 35.8 Å². The number of benzene rings is 1. The molecular formula is C17H17NO3. The highest BCUT2D eigenvalue weighted by Crippen LogP contribution is 2.28. The van der Waals surface area contributed by atoms with Gasteiger partial charge in [-0.3, -0.25) is 4.98 Å². The van der Waals surface area contributed by atoms with E-state index in [2.05, 4.69) is 4.98 Å². The number of fused-ring (bicyclic) bond motifs is 1. The third-order valence-electron chi connectivity index (χ3n) is 3.32. The van der Waals surface area contributed by atoms with Gasteiger partial charge >= 0.3 is 0 Å².